The fourth-order valence-corrected chi connectivity index (χ4v) is 1.61. The number of likely N-dealkylation sites (tertiary alicyclic amines) is 1. The zero-order chi connectivity index (χ0) is 10.9. The Bertz CT molecular complexity index is 230. The highest BCUT2D eigenvalue weighted by Crippen LogP contribution is 2.23. The van der Waals surface area contributed by atoms with Gasteiger partial charge in [0, 0.05) is 13.1 Å². The van der Waals surface area contributed by atoms with Crippen LogP contribution < -0.4 is 5.73 Å². The highest BCUT2D eigenvalue weighted by Gasteiger charge is 2.40. The minimum atomic E-state index is -2.70. The smallest absolute Gasteiger partial charge is 0.245 e. The van der Waals surface area contributed by atoms with Gasteiger partial charge in [0.2, 0.25) is 6.43 Å². The molecule has 1 fully saturated rings. The molecule has 1 heterocycles. The van der Waals surface area contributed by atoms with Crippen molar-refractivity contribution in [3.05, 3.63) is 0 Å². The average Bonchev–Trinajstić information content (AvgIpc) is 2.08. The maximum atomic E-state index is 12.4. The van der Waals surface area contributed by atoms with E-state index in [0.717, 1.165) is 0 Å². The van der Waals surface area contributed by atoms with Crippen LogP contribution in [-0.4, -0.2) is 51.9 Å². The number of piperidine rings is 1. The van der Waals surface area contributed by atoms with Crippen LogP contribution in [0.3, 0.4) is 0 Å². The number of thiocarbonyl (C=S) groups is 1. The van der Waals surface area contributed by atoms with Gasteiger partial charge in [0.1, 0.15) is 0 Å². The number of halogens is 2. The second kappa shape index (κ2) is 4.33. The quantitative estimate of drug-likeness (QED) is 0.508. The van der Waals surface area contributed by atoms with Crippen molar-refractivity contribution in [2.75, 3.05) is 13.1 Å². The molecule has 0 radical (unpaired) electrons. The molecule has 82 valence electrons. The SMILES string of the molecule is NC(=S)N1C[C@@H](O)[C@H](O)[C@@H](C(F)F)C1. The van der Waals surface area contributed by atoms with E-state index in [-0.39, 0.29) is 18.2 Å². The van der Waals surface area contributed by atoms with Gasteiger partial charge in [0.25, 0.3) is 0 Å². The molecule has 0 amide bonds. The van der Waals surface area contributed by atoms with Crippen LogP contribution in [0.1, 0.15) is 0 Å². The lowest BCUT2D eigenvalue weighted by Gasteiger charge is -2.39. The number of aliphatic hydroxyl groups excluding tert-OH is 2. The molecular weight excluding hydrogens is 214 g/mol. The molecular formula is C7H12F2N2O2S. The molecule has 4 nitrogen and oxygen atoms in total. The molecule has 14 heavy (non-hydrogen) atoms. The monoisotopic (exact) mass is 226 g/mol. The van der Waals surface area contributed by atoms with Crippen molar-refractivity contribution in [1.82, 2.24) is 4.90 Å². The minimum absolute atomic E-state index is 0.000278. The first kappa shape index (κ1) is 11.5. The molecule has 1 saturated heterocycles. The van der Waals surface area contributed by atoms with E-state index in [1.54, 1.807) is 0 Å². The Morgan fingerprint density at radius 1 is 1.43 bits per heavy atom. The fourth-order valence-electron chi connectivity index (χ4n) is 1.46. The van der Waals surface area contributed by atoms with E-state index in [1.807, 2.05) is 0 Å². The van der Waals surface area contributed by atoms with Crippen molar-refractivity contribution in [2.45, 2.75) is 18.6 Å². The highest BCUT2D eigenvalue weighted by atomic mass is 32.1. The van der Waals surface area contributed by atoms with Gasteiger partial charge in [0.15, 0.2) is 5.11 Å². The fraction of sp³-hybridized carbons (Fsp3) is 0.857. The Balaban J connectivity index is 2.71. The molecule has 7 heteroatoms. The summed E-state index contributed by atoms with van der Waals surface area (Å²) in [4.78, 5) is 1.27. The summed E-state index contributed by atoms with van der Waals surface area (Å²) in [5.74, 6) is -1.31. The van der Waals surface area contributed by atoms with Gasteiger partial charge in [-0.05, 0) is 12.2 Å². The molecule has 0 aromatic rings. The average molecular weight is 226 g/mol. The van der Waals surface area contributed by atoms with Gasteiger partial charge >= 0.3 is 0 Å². The van der Waals surface area contributed by atoms with Gasteiger partial charge in [-0.1, -0.05) is 0 Å². The molecule has 0 saturated carbocycles. The van der Waals surface area contributed by atoms with Crippen molar-refractivity contribution >= 4 is 17.3 Å². The van der Waals surface area contributed by atoms with Crippen LogP contribution in [0.25, 0.3) is 0 Å². The number of aliphatic hydroxyl groups is 2. The lowest BCUT2D eigenvalue weighted by atomic mass is 9.93. The summed E-state index contributed by atoms with van der Waals surface area (Å²) >= 11 is 4.61. The molecule has 1 aliphatic heterocycles. The molecule has 3 atom stereocenters. The van der Waals surface area contributed by atoms with Crippen molar-refractivity contribution in [1.29, 1.82) is 0 Å². The Hall–Kier alpha value is -0.530. The van der Waals surface area contributed by atoms with E-state index in [4.69, 9.17) is 5.73 Å². The summed E-state index contributed by atoms with van der Waals surface area (Å²) < 4.78 is 24.8. The first-order valence-electron chi connectivity index (χ1n) is 4.12. The summed E-state index contributed by atoms with van der Waals surface area (Å²) in [6, 6.07) is 0. The molecule has 1 aliphatic rings. The topological polar surface area (TPSA) is 69.7 Å². The van der Waals surface area contributed by atoms with Crippen molar-refractivity contribution in [3.63, 3.8) is 0 Å². The van der Waals surface area contributed by atoms with Crippen LogP contribution in [-0.2, 0) is 0 Å². The number of nitrogens with two attached hydrogens (primary N) is 1. The van der Waals surface area contributed by atoms with Gasteiger partial charge in [-0.15, -0.1) is 0 Å². The van der Waals surface area contributed by atoms with Crippen LogP contribution in [0.4, 0.5) is 8.78 Å². The summed E-state index contributed by atoms with van der Waals surface area (Å²) in [6.07, 6.45) is -5.35. The molecule has 0 aliphatic carbocycles. The van der Waals surface area contributed by atoms with Crippen molar-refractivity contribution < 1.29 is 19.0 Å². The van der Waals surface area contributed by atoms with E-state index < -0.39 is 24.6 Å². The third kappa shape index (κ3) is 2.28. The van der Waals surface area contributed by atoms with Crippen LogP contribution >= 0.6 is 12.2 Å². The Morgan fingerprint density at radius 2 is 2.00 bits per heavy atom. The Morgan fingerprint density at radius 3 is 2.43 bits per heavy atom. The molecule has 1 rings (SSSR count). The summed E-state index contributed by atoms with van der Waals surface area (Å²) in [7, 11) is 0. The zero-order valence-corrected chi connectivity index (χ0v) is 8.12. The number of hydrogen-bond acceptors (Lipinski definition) is 3. The molecule has 0 spiro atoms. The lowest BCUT2D eigenvalue weighted by molar-refractivity contribution is -0.103. The lowest BCUT2D eigenvalue weighted by Crippen LogP contribution is -2.57. The largest absolute Gasteiger partial charge is 0.390 e. The van der Waals surface area contributed by atoms with Crippen molar-refractivity contribution in [2.24, 2.45) is 11.7 Å². The van der Waals surface area contributed by atoms with Gasteiger partial charge in [0.05, 0.1) is 18.1 Å². The summed E-state index contributed by atoms with van der Waals surface area (Å²) in [6.45, 7) is -0.120. The van der Waals surface area contributed by atoms with Gasteiger partial charge in [-0.2, -0.15) is 0 Å². The molecule has 4 N–H and O–H groups in total. The second-order valence-corrected chi connectivity index (χ2v) is 3.72. The Labute approximate surface area is 85.3 Å². The standard InChI is InChI=1S/C7H12F2N2O2S/c8-6(9)3-1-11(7(10)14)2-4(12)5(3)13/h3-6,12-13H,1-2H2,(H2,10,14)/t3-,4+,5+/m0/s1. The number of rotatable bonds is 1. The van der Waals surface area contributed by atoms with Gasteiger partial charge < -0.3 is 20.8 Å². The highest BCUT2D eigenvalue weighted by molar-refractivity contribution is 7.80. The van der Waals surface area contributed by atoms with E-state index in [1.165, 1.54) is 4.90 Å². The maximum absolute atomic E-state index is 12.4. The number of alkyl halides is 2. The van der Waals surface area contributed by atoms with E-state index in [0.29, 0.717) is 0 Å². The Kier molecular flexibility index (Phi) is 3.57. The maximum Gasteiger partial charge on any atom is 0.245 e. The third-order valence-electron chi connectivity index (χ3n) is 2.31. The predicted octanol–water partition coefficient (Wildman–Crippen LogP) is -0.851. The van der Waals surface area contributed by atoms with Crippen LogP contribution in [0.15, 0.2) is 0 Å². The van der Waals surface area contributed by atoms with E-state index in [9.17, 15) is 19.0 Å². The molecule has 0 bridgehead atoms. The zero-order valence-electron chi connectivity index (χ0n) is 7.31. The minimum Gasteiger partial charge on any atom is -0.390 e. The molecule has 0 unspecified atom stereocenters. The first-order chi connectivity index (χ1) is 6.43. The number of hydrogen-bond donors (Lipinski definition) is 3. The van der Waals surface area contributed by atoms with Gasteiger partial charge in [-0.3, -0.25) is 0 Å². The predicted molar refractivity (Wildman–Crippen MR) is 49.9 cm³/mol. The van der Waals surface area contributed by atoms with Gasteiger partial charge in [-0.25, -0.2) is 8.78 Å². The van der Waals surface area contributed by atoms with Crippen LogP contribution in [0.2, 0.25) is 0 Å². The first-order valence-corrected chi connectivity index (χ1v) is 4.53. The van der Waals surface area contributed by atoms with Crippen LogP contribution in [0, 0.1) is 5.92 Å². The normalized spacial score (nSPS) is 33.5. The molecule has 0 aromatic heterocycles. The number of nitrogens with zero attached hydrogens (tertiary/aromatic N) is 1. The second-order valence-electron chi connectivity index (χ2n) is 3.30. The molecule has 0 aromatic carbocycles. The van der Waals surface area contributed by atoms with E-state index >= 15 is 0 Å². The summed E-state index contributed by atoms with van der Waals surface area (Å²) in [5.41, 5.74) is 5.26. The third-order valence-corrected chi connectivity index (χ3v) is 2.57. The summed E-state index contributed by atoms with van der Waals surface area (Å²) in [5, 5.41) is 18.5. The van der Waals surface area contributed by atoms with Crippen LogP contribution in [0.5, 0.6) is 0 Å². The number of β-amino-alcohol motifs (C(OH)–C–C–N with tert-alkyl or cyclic N) is 1. The van der Waals surface area contributed by atoms with E-state index in [2.05, 4.69) is 12.2 Å². The van der Waals surface area contributed by atoms with Crippen molar-refractivity contribution in [3.8, 4) is 0 Å².